The third-order valence-electron chi connectivity index (χ3n) is 7.76. The minimum absolute atomic E-state index is 0.158. The van der Waals surface area contributed by atoms with Gasteiger partial charge in [-0.3, -0.25) is 29.8 Å². The Hall–Kier alpha value is -4.82. The van der Waals surface area contributed by atoms with Gasteiger partial charge in [-0.05, 0) is 62.5 Å². The largest absolute Gasteiger partial charge is 0.344 e. The van der Waals surface area contributed by atoms with Gasteiger partial charge in [0.15, 0.2) is 10.2 Å². The van der Waals surface area contributed by atoms with Gasteiger partial charge in [-0.1, -0.05) is 36.4 Å². The van der Waals surface area contributed by atoms with Crippen LogP contribution in [0.15, 0.2) is 80.5 Å². The Morgan fingerprint density at radius 2 is 1.00 bits per heavy atom. The molecule has 1 aliphatic rings. The average molecular weight is 631 g/mol. The summed E-state index contributed by atoms with van der Waals surface area (Å²) in [5, 5.41) is 9.46. The van der Waals surface area contributed by atoms with E-state index in [0.717, 1.165) is 22.8 Å². The van der Waals surface area contributed by atoms with Crippen LogP contribution in [0.5, 0.6) is 0 Å². The van der Waals surface area contributed by atoms with Gasteiger partial charge in [0, 0.05) is 51.7 Å². The van der Waals surface area contributed by atoms with Crippen molar-refractivity contribution in [3.63, 3.8) is 0 Å². The molecular formula is C30H34N10O2S2. The molecule has 1 fully saturated rings. The summed E-state index contributed by atoms with van der Waals surface area (Å²) >= 11 is 11.1. The highest BCUT2D eigenvalue weighted by Crippen LogP contribution is 2.10. The molecule has 14 heteroatoms. The van der Waals surface area contributed by atoms with E-state index in [-0.39, 0.29) is 11.1 Å². The SMILES string of the molecule is Cc1c(/C=N\NC(=S)N2CCN(C(=S)N/N=C\c3c(C)n(C)n(-c4ccccc4)c3=O)CC2)c(=O)n(-c2ccccc2)n1C. The maximum Gasteiger partial charge on any atom is 0.280 e. The van der Waals surface area contributed by atoms with E-state index in [0.29, 0.717) is 47.5 Å². The molecule has 0 aliphatic carbocycles. The Morgan fingerprint density at radius 1 is 0.659 bits per heavy atom. The topological polar surface area (TPSA) is 109 Å². The minimum atomic E-state index is -0.158. The summed E-state index contributed by atoms with van der Waals surface area (Å²) in [6.07, 6.45) is 3.03. The Kier molecular flexibility index (Phi) is 9.20. The van der Waals surface area contributed by atoms with Gasteiger partial charge in [0.05, 0.1) is 34.9 Å². The lowest BCUT2D eigenvalue weighted by atomic mass is 10.3. The second-order valence-electron chi connectivity index (χ2n) is 10.3. The zero-order valence-electron chi connectivity index (χ0n) is 25.0. The summed E-state index contributed by atoms with van der Waals surface area (Å²) in [6, 6.07) is 18.9. The molecule has 0 unspecified atom stereocenters. The first-order valence-corrected chi connectivity index (χ1v) is 14.8. The lowest BCUT2D eigenvalue weighted by Crippen LogP contribution is -2.54. The number of nitrogens with one attached hydrogen (secondary N) is 2. The van der Waals surface area contributed by atoms with E-state index in [1.807, 2.05) is 98.4 Å². The predicted molar refractivity (Wildman–Crippen MR) is 181 cm³/mol. The van der Waals surface area contributed by atoms with Crippen LogP contribution in [-0.2, 0) is 14.1 Å². The highest BCUT2D eigenvalue weighted by atomic mass is 32.1. The molecule has 0 radical (unpaired) electrons. The number of para-hydroxylation sites is 2. The fraction of sp³-hybridized carbons (Fsp3) is 0.267. The molecule has 44 heavy (non-hydrogen) atoms. The third kappa shape index (κ3) is 6.12. The summed E-state index contributed by atoms with van der Waals surface area (Å²) in [6.45, 7) is 6.25. The molecule has 1 aliphatic heterocycles. The Labute approximate surface area is 265 Å². The fourth-order valence-corrected chi connectivity index (χ4v) is 5.50. The van der Waals surface area contributed by atoms with Crippen LogP contribution in [0, 0.1) is 13.8 Å². The maximum atomic E-state index is 13.1. The highest BCUT2D eigenvalue weighted by molar-refractivity contribution is 7.80. The molecule has 1 saturated heterocycles. The first kappa shape index (κ1) is 30.6. The summed E-state index contributed by atoms with van der Waals surface area (Å²) in [5.41, 5.74) is 9.58. The summed E-state index contributed by atoms with van der Waals surface area (Å²) in [5.74, 6) is 0. The number of benzene rings is 2. The molecule has 0 atom stereocenters. The van der Waals surface area contributed by atoms with Gasteiger partial charge < -0.3 is 9.80 Å². The van der Waals surface area contributed by atoms with Crippen molar-refractivity contribution in [3.8, 4) is 11.4 Å². The molecule has 0 spiro atoms. The van der Waals surface area contributed by atoms with Crippen molar-refractivity contribution in [3.05, 3.63) is 104 Å². The molecule has 228 valence electrons. The number of hydrogen-bond acceptors (Lipinski definition) is 6. The van der Waals surface area contributed by atoms with Gasteiger partial charge >= 0.3 is 0 Å². The number of nitrogens with zero attached hydrogens (tertiary/aromatic N) is 8. The first-order valence-electron chi connectivity index (χ1n) is 14.0. The molecule has 3 heterocycles. The summed E-state index contributed by atoms with van der Waals surface area (Å²) in [7, 11) is 3.68. The fourth-order valence-electron chi connectivity index (χ4n) is 5.03. The molecule has 5 rings (SSSR count). The van der Waals surface area contributed by atoms with Gasteiger partial charge in [0.1, 0.15) is 0 Å². The van der Waals surface area contributed by atoms with Crippen LogP contribution < -0.4 is 22.0 Å². The minimum Gasteiger partial charge on any atom is -0.344 e. The molecule has 2 aromatic heterocycles. The molecule has 2 aromatic carbocycles. The maximum absolute atomic E-state index is 13.1. The molecule has 12 nitrogen and oxygen atoms in total. The number of hydrazone groups is 2. The number of thiocarbonyl (C=S) groups is 2. The quantitative estimate of drug-likeness (QED) is 0.189. The van der Waals surface area contributed by atoms with Crippen LogP contribution in [-0.4, -0.2) is 77.4 Å². The van der Waals surface area contributed by atoms with E-state index >= 15 is 0 Å². The molecule has 2 N–H and O–H groups in total. The Bertz CT molecular complexity index is 1710. The number of rotatable bonds is 6. The number of hydrogen-bond donors (Lipinski definition) is 2. The lowest BCUT2D eigenvalue weighted by molar-refractivity contribution is 0.255. The Morgan fingerprint density at radius 3 is 1.34 bits per heavy atom. The van der Waals surface area contributed by atoms with E-state index in [1.54, 1.807) is 18.7 Å². The third-order valence-corrected chi connectivity index (χ3v) is 8.46. The van der Waals surface area contributed by atoms with Crippen LogP contribution in [0.3, 0.4) is 0 Å². The van der Waals surface area contributed by atoms with E-state index in [4.69, 9.17) is 24.4 Å². The summed E-state index contributed by atoms with van der Waals surface area (Å²) < 4.78 is 6.83. The van der Waals surface area contributed by atoms with Crippen molar-refractivity contribution in [2.45, 2.75) is 13.8 Å². The smallest absolute Gasteiger partial charge is 0.280 e. The standard InChI is InChI=1S/C30H34N10O2S2/c1-21-25(27(41)39(35(21)3)23-11-7-5-8-12-23)19-31-33-29(43)37-15-17-38(18-16-37)30(44)34-32-20-26-22(2)36(4)40(28(26)42)24-13-9-6-10-14-24/h5-14,19-20H,15-18H2,1-4H3,(H,33,43)(H,34,44)/b31-19-,32-20-. The van der Waals surface area contributed by atoms with Crippen molar-refractivity contribution in [1.82, 2.24) is 39.4 Å². The van der Waals surface area contributed by atoms with Crippen LogP contribution in [0.2, 0.25) is 0 Å². The van der Waals surface area contributed by atoms with Gasteiger partial charge in [-0.25, -0.2) is 9.36 Å². The number of piperazine rings is 1. The molecule has 0 saturated carbocycles. The van der Waals surface area contributed by atoms with E-state index < -0.39 is 0 Å². The molecule has 4 aromatic rings. The van der Waals surface area contributed by atoms with Crippen molar-refractivity contribution in [1.29, 1.82) is 0 Å². The van der Waals surface area contributed by atoms with Crippen molar-refractivity contribution in [2.24, 2.45) is 24.3 Å². The molecule has 0 bridgehead atoms. The van der Waals surface area contributed by atoms with Crippen molar-refractivity contribution < 1.29 is 0 Å². The molecular weight excluding hydrogens is 597 g/mol. The zero-order valence-corrected chi connectivity index (χ0v) is 26.6. The van der Waals surface area contributed by atoms with E-state index in [9.17, 15) is 9.59 Å². The second-order valence-corrected chi connectivity index (χ2v) is 11.0. The van der Waals surface area contributed by atoms with Crippen LogP contribution in [0.4, 0.5) is 0 Å². The monoisotopic (exact) mass is 630 g/mol. The molecule has 0 amide bonds. The Balaban J connectivity index is 1.14. The van der Waals surface area contributed by atoms with Crippen molar-refractivity contribution >= 4 is 47.1 Å². The van der Waals surface area contributed by atoms with Gasteiger partial charge in [-0.15, -0.1) is 0 Å². The lowest BCUT2D eigenvalue weighted by Gasteiger charge is -2.36. The highest BCUT2D eigenvalue weighted by Gasteiger charge is 2.21. The van der Waals surface area contributed by atoms with Crippen molar-refractivity contribution in [2.75, 3.05) is 26.2 Å². The normalized spacial score (nSPS) is 13.6. The van der Waals surface area contributed by atoms with Crippen LogP contribution >= 0.6 is 24.4 Å². The number of aromatic nitrogens is 4. The second kappa shape index (κ2) is 13.2. The average Bonchev–Trinajstić information content (AvgIpc) is 3.39. The van der Waals surface area contributed by atoms with E-state index in [1.165, 1.54) is 12.4 Å². The first-order chi connectivity index (χ1) is 21.2. The summed E-state index contributed by atoms with van der Waals surface area (Å²) in [4.78, 5) is 30.2. The zero-order chi connectivity index (χ0) is 31.4. The van der Waals surface area contributed by atoms with Gasteiger partial charge in [-0.2, -0.15) is 10.2 Å². The van der Waals surface area contributed by atoms with E-state index in [2.05, 4.69) is 21.1 Å². The van der Waals surface area contributed by atoms with Crippen LogP contribution in [0.25, 0.3) is 11.4 Å². The van der Waals surface area contributed by atoms with Gasteiger partial charge in [0.25, 0.3) is 11.1 Å². The van der Waals surface area contributed by atoms with Gasteiger partial charge in [0.2, 0.25) is 0 Å². The van der Waals surface area contributed by atoms with Crippen LogP contribution in [0.1, 0.15) is 22.5 Å². The predicted octanol–water partition coefficient (Wildman–Crippen LogP) is 2.02.